The number of nitrogens with zero attached hydrogens (tertiary/aromatic N) is 3. The topological polar surface area (TPSA) is 101 Å². The van der Waals surface area contributed by atoms with Gasteiger partial charge in [-0.3, -0.25) is 14.1 Å². The number of aromatic nitrogens is 2. The third-order valence-corrected chi connectivity index (χ3v) is 16.4. The van der Waals surface area contributed by atoms with Gasteiger partial charge >= 0.3 is 0 Å². The maximum atomic E-state index is 13.9. The molecule has 0 aliphatic carbocycles. The van der Waals surface area contributed by atoms with Crippen molar-refractivity contribution < 1.29 is 22.0 Å². The van der Waals surface area contributed by atoms with Gasteiger partial charge in [-0.15, -0.1) is 0 Å². The highest BCUT2D eigenvalue weighted by Crippen LogP contribution is 2.46. The third-order valence-electron chi connectivity index (χ3n) is 7.96. The number of hydrogen-bond donors (Lipinski definition) is 1. The van der Waals surface area contributed by atoms with Gasteiger partial charge in [-0.05, 0) is 52.4 Å². The molecule has 0 bridgehead atoms. The van der Waals surface area contributed by atoms with E-state index in [1.54, 1.807) is 18.3 Å². The summed E-state index contributed by atoms with van der Waals surface area (Å²) in [7, 11) is -6.22. The minimum absolute atomic E-state index is 0.00485. The fourth-order valence-electron chi connectivity index (χ4n) is 6.07. The summed E-state index contributed by atoms with van der Waals surface area (Å²) >= 11 is 3.55. The van der Waals surface area contributed by atoms with Gasteiger partial charge in [0, 0.05) is 24.6 Å². The highest BCUT2D eigenvalue weighted by atomic mass is 79.9. The second kappa shape index (κ2) is 12.3. The van der Waals surface area contributed by atoms with Crippen molar-refractivity contribution in [3.63, 3.8) is 0 Å². The van der Waals surface area contributed by atoms with Crippen molar-refractivity contribution >= 4 is 56.9 Å². The summed E-state index contributed by atoms with van der Waals surface area (Å²) in [6, 6.07) is 7.68. The molecule has 12 heteroatoms. The molecule has 3 aromatic rings. The first kappa shape index (κ1) is 31.4. The van der Waals surface area contributed by atoms with Crippen LogP contribution in [-0.2, 0) is 21.9 Å². The summed E-state index contributed by atoms with van der Waals surface area (Å²) in [5, 5.41) is 3.88. The van der Waals surface area contributed by atoms with Crippen LogP contribution in [-0.4, -0.2) is 44.9 Å². The Bertz CT molecular complexity index is 1510. The van der Waals surface area contributed by atoms with Gasteiger partial charge < -0.3 is 9.74 Å². The van der Waals surface area contributed by atoms with Crippen LogP contribution >= 0.6 is 15.9 Å². The maximum absolute atomic E-state index is 13.9. The number of sulfonamides is 1. The molecule has 1 fully saturated rings. The quantitative estimate of drug-likeness (QED) is 0.191. The van der Waals surface area contributed by atoms with Gasteiger partial charge in [0.15, 0.2) is 17.3 Å². The monoisotopic (exact) mass is 664 g/mol. The van der Waals surface area contributed by atoms with E-state index in [0.29, 0.717) is 28.2 Å². The molecule has 41 heavy (non-hydrogen) atoms. The van der Waals surface area contributed by atoms with Crippen LogP contribution < -0.4 is 14.0 Å². The predicted molar refractivity (Wildman–Crippen MR) is 167 cm³/mol. The molecule has 1 N–H and O–H groups in total. The molecular formula is C29H38BrFN4O4SSi. The van der Waals surface area contributed by atoms with Crippen molar-refractivity contribution in [3.05, 3.63) is 59.2 Å². The number of halogens is 2. The Morgan fingerprint density at radius 1 is 1.10 bits per heavy atom. The van der Waals surface area contributed by atoms with E-state index in [1.807, 2.05) is 6.07 Å². The van der Waals surface area contributed by atoms with Crippen LogP contribution in [0.4, 0.5) is 10.2 Å². The lowest BCUT2D eigenvalue weighted by molar-refractivity contribution is 0.0944. The fourth-order valence-corrected chi connectivity index (χ4v) is 13.3. The van der Waals surface area contributed by atoms with E-state index in [9.17, 15) is 17.6 Å². The first-order valence-electron chi connectivity index (χ1n) is 13.9. The summed E-state index contributed by atoms with van der Waals surface area (Å²) in [4.78, 5) is 23.4. The molecule has 4 rings (SSSR count). The van der Waals surface area contributed by atoms with Crippen LogP contribution in [0.2, 0.25) is 16.6 Å². The molecule has 0 unspecified atom stereocenters. The number of rotatable bonds is 10. The van der Waals surface area contributed by atoms with E-state index in [1.165, 1.54) is 16.4 Å². The van der Waals surface area contributed by atoms with Crippen molar-refractivity contribution in [1.82, 2.24) is 15.3 Å². The Hall–Kier alpha value is -2.57. The second-order valence-corrected chi connectivity index (χ2v) is 19.4. The number of amides is 1. The zero-order valence-corrected chi connectivity index (χ0v) is 27.8. The summed E-state index contributed by atoms with van der Waals surface area (Å²) < 4.78 is 48.1. The minimum Gasteiger partial charge on any atom is -0.540 e. The van der Waals surface area contributed by atoms with E-state index in [4.69, 9.17) is 14.4 Å². The first-order valence-corrected chi connectivity index (χ1v) is 18.8. The second-order valence-electron chi connectivity index (χ2n) is 11.4. The summed E-state index contributed by atoms with van der Waals surface area (Å²) in [5.41, 5.74) is 2.52. The molecule has 1 aliphatic heterocycles. The summed E-state index contributed by atoms with van der Waals surface area (Å²) in [5.74, 6) is -0.411. The number of benzene rings is 1. The third kappa shape index (κ3) is 6.01. The number of hydrogen-bond acceptors (Lipinski definition) is 6. The molecule has 0 spiro atoms. The fraction of sp³-hybridized carbons (Fsp3) is 0.483. The van der Waals surface area contributed by atoms with Gasteiger partial charge in [-0.2, -0.15) is 0 Å². The van der Waals surface area contributed by atoms with Gasteiger partial charge in [0.1, 0.15) is 11.3 Å². The van der Waals surface area contributed by atoms with Crippen molar-refractivity contribution in [2.75, 3.05) is 16.6 Å². The molecule has 0 radical (unpaired) electrons. The Kier molecular flexibility index (Phi) is 9.44. The molecule has 1 saturated heterocycles. The molecule has 0 atom stereocenters. The molecule has 2 aromatic heterocycles. The number of nitrogens with one attached hydrogen (secondary N) is 1. The zero-order valence-electron chi connectivity index (χ0n) is 24.4. The van der Waals surface area contributed by atoms with E-state index in [0.717, 1.165) is 5.56 Å². The molecular weight excluding hydrogens is 627 g/mol. The molecule has 222 valence electrons. The van der Waals surface area contributed by atoms with Gasteiger partial charge in [-0.25, -0.2) is 17.8 Å². The van der Waals surface area contributed by atoms with E-state index in [-0.39, 0.29) is 58.5 Å². The van der Waals surface area contributed by atoms with Gasteiger partial charge in [0.25, 0.3) is 14.2 Å². The zero-order chi connectivity index (χ0) is 30.1. The first-order chi connectivity index (χ1) is 19.3. The summed E-state index contributed by atoms with van der Waals surface area (Å²) in [6.45, 7) is 13.3. The lowest BCUT2D eigenvalue weighted by atomic mass is 10.1. The van der Waals surface area contributed by atoms with Crippen LogP contribution in [0.1, 0.15) is 69.6 Å². The van der Waals surface area contributed by atoms with Crippen molar-refractivity contribution in [3.8, 4) is 5.75 Å². The number of carbonyl (C=O) groups is 1. The van der Waals surface area contributed by atoms with Crippen LogP contribution in [0.25, 0.3) is 10.9 Å². The van der Waals surface area contributed by atoms with Gasteiger partial charge in [-0.1, -0.05) is 69.6 Å². The van der Waals surface area contributed by atoms with Crippen LogP contribution in [0.5, 0.6) is 5.75 Å². The van der Waals surface area contributed by atoms with Crippen molar-refractivity contribution in [2.45, 2.75) is 76.5 Å². The number of fused-ring (bicyclic) bond motifs is 1. The average Bonchev–Trinajstić information content (AvgIpc) is 3.28. The smallest absolute Gasteiger partial charge is 0.274 e. The van der Waals surface area contributed by atoms with Crippen LogP contribution in [0, 0.1) is 5.82 Å². The molecule has 1 aliphatic rings. The van der Waals surface area contributed by atoms with E-state index in [2.05, 4.69) is 62.8 Å². The SMILES string of the molecule is CC(C)[Si](Oc1c(C(=O)NCc2ccc(F)cc2)nc(N2CCCS2(=O)=O)c2c(CBr)ccnc12)(C(C)C)C(C)C. The predicted octanol–water partition coefficient (Wildman–Crippen LogP) is 6.69. The Balaban J connectivity index is 1.99. The number of anilines is 1. The van der Waals surface area contributed by atoms with Crippen LogP contribution in [0.15, 0.2) is 36.5 Å². The number of carbonyl (C=O) groups excluding carboxylic acids is 1. The lowest BCUT2D eigenvalue weighted by Gasteiger charge is -2.42. The minimum atomic E-state index is -3.62. The highest BCUT2D eigenvalue weighted by Gasteiger charge is 2.48. The molecule has 1 amide bonds. The van der Waals surface area contributed by atoms with E-state index >= 15 is 0 Å². The maximum Gasteiger partial charge on any atom is 0.274 e. The van der Waals surface area contributed by atoms with Crippen molar-refractivity contribution in [2.24, 2.45) is 0 Å². The Labute approximate surface area is 251 Å². The van der Waals surface area contributed by atoms with Gasteiger partial charge in [0.05, 0.1) is 11.1 Å². The summed E-state index contributed by atoms with van der Waals surface area (Å²) in [6.07, 6.45) is 2.11. The lowest BCUT2D eigenvalue weighted by Crippen LogP contribution is -2.51. The average molecular weight is 666 g/mol. The normalized spacial score (nSPS) is 15.3. The molecule has 0 saturated carbocycles. The van der Waals surface area contributed by atoms with Crippen molar-refractivity contribution in [1.29, 1.82) is 0 Å². The molecule has 1 aromatic carbocycles. The van der Waals surface area contributed by atoms with Crippen LogP contribution in [0.3, 0.4) is 0 Å². The number of pyridine rings is 2. The largest absolute Gasteiger partial charge is 0.540 e. The standard InChI is InChI=1S/C29H38BrFN4O4SSi/c1-18(2)41(19(3)4,20(5)6)39-27-25-24(22(16-30)12-13-32-25)28(35-14-7-15-40(35,37)38)34-26(27)29(36)33-17-21-8-10-23(31)11-9-21/h8-13,18-20H,7,14-17H2,1-6H3,(H,33,36). The molecule has 3 heterocycles. The molecule has 8 nitrogen and oxygen atoms in total. The highest BCUT2D eigenvalue weighted by molar-refractivity contribution is 9.08. The van der Waals surface area contributed by atoms with Gasteiger partial charge in [0.2, 0.25) is 10.0 Å². The Morgan fingerprint density at radius 2 is 1.73 bits per heavy atom. The number of alkyl halides is 1. The van der Waals surface area contributed by atoms with E-state index < -0.39 is 24.2 Å². The Morgan fingerprint density at radius 3 is 2.27 bits per heavy atom.